The summed E-state index contributed by atoms with van der Waals surface area (Å²) in [5, 5.41) is 5.63. The summed E-state index contributed by atoms with van der Waals surface area (Å²) in [6, 6.07) is 11.4. The average Bonchev–Trinajstić information content (AvgIpc) is 3.00. The molecule has 1 unspecified atom stereocenters. The first kappa shape index (κ1) is 16.1. The van der Waals surface area contributed by atoms with Crippen LogP contribution < -0.4 is 10.1 Å². The molecule has 0 bridgehead atoms. The molecule has 1 heterocycles. The van der Waals surface area contributed by atoms with Crippen LogP contribution in [-0.2, 0) is 6.42 Å². The summed E-state index contributed by atoms with van der Waals surface area (Å²) >= 11 is 1.75. The van der Waals surface area contributed by atoms with Gasteiger partial charge >= 0.3 is 0 Å². The standard InChI is InChI=1S/C18H25NOS/c1-4-6-7-14-8-10-15(11-9-14)18(19-5-2)17-12-16(20-3)13-21-17/h8-13,18-19H,4-7H2,1-3H3. The smallest absolute Gasteiger partial charge is 0.129 e. The molecule has 1 aromatic carbocycles. The third-order valence-corrected chi connectivity index (χ3v) is 4.63. The van der Waals surface area contributed by atoms with Crippen LogP contribution in [0.1, 0.15) is 48.7 Å². The van der Waals surface area contributed by atoms with E-state index < -0.39 is 0 Å². The van der Waals surface area contributed by atoms with Gasteiger partial charge in [-0.05, 0) is 36.6 Å². The van der Waals surface area contributed by atoms with Crippen LogP contribution in [0, 0.1) is 0 Å². The van der Waals surface area contributed by atoms with Gasteiger partial charge in [0.05, 0.1) is 13.2 Å². The molecule has 0 aliphatic carbocycles. The lowest BCUT2D eigenvalue weighted by Crippen LogP contribution is -2.21. The maximum atomic E-state index is 5.31. The van der Waals surface area contributed by atoms with Crippen LogP contribution in [0.15, 0.2) is 35.7 Å². The van der Waals surface area contributed by atoms with Gasteiger partial charge in [0.15, 0.2) is 0 Å². The third kappa shape index (κ3) is 4.32. The Hall–Kier alpha value is -1.32. The quantitative estimate of drug-likeness (QED) is 0.756. The molecule has 114 valence electrons. The maximum Gasteiger partial charge on any atom is 0.129 e. The van der Waals surface area contributed by atoms with Crippen molar-refractivity contribution in [2.75, 3.05) is 13.7 Å². The van der Waals surface area contributed by atoms with Crippen LogP contribution in [0.4, 0.5) is 0 Å². The molecule has 1 aromatic heterocycles. The van der Waals surface area contributed by atoms with Gasteiger partial charge in [-0.3, -0.25) is 0 Å². The molecule has 0 amide bonds. The second kappa shape index (κ2) is 8.20. The molecular weight excluding hydrogens is 278 g/mol. The predicted molar refractivity (Wildman–Crippen MR) is 91.4 cm³/mol. The molecule has 0 radical (unpaired) electrons. The highest BCUT2D eigenvalue weighted by Crippen LogP contribution is 2.31. The van der Waals surface area contributed by atoms with Gasteiger partial charge in [-0.15, -0.1) is 11.3 Å². The van der Waals surface area contributed by atoms with Gasteiger partial charge in [-0.25, -0.2) is 0 Å². The van der Waals surface area contributed by atoms with Crippen LogP contribution in [-0.4, -0.2) is 13.7 Å². The number of hydrogen-bond acceptors (Lipinski definition) is 3. The highest BCUT2D eigenvalue weighted by Gasteiger charge is 2.15. The fourth-order valence-electron chi connectivity index (χ4n) is 2.44. The molecule has 3 heteroatoms. The maximum absolute atomic E-state index is 5.31. The van der Waals surface area contributed by atoms with Crippen LogP contribution in [0.3, 0.4) is 0 Å². The Morgan fingerprint density at radius 3 is 2.52 bits per heavy atom. The average molecular weight is 303 g/mol. The molecule has 0 saturated carbocycles. The second-order valence-corrected chi connectivity index (χ2v) is 6.17. The Bertz CT molecular complexity index is 532. The Kier molecular flexibility index (Phi) is 6.27. The van der Waals surface area contributed by atoms with Crippen LogP contribution >= 0.6 is 11.3 Å². The number of ether oxygens (including phenoxy) is 1. The van der Waals surface area contributed by atoms with Crippen molar-refractivity contribution in [1.82, 2.24) is 5.32 Å². The Morgan fingerprint density at radius 1 is 1.19 bits per heavy atom. The van der Waals surface area contributed by atoms with Gasteiger partial charge in [0.25, 0.3) is 0 Å². The van der Waals surface area contributed by atoms with Gasteiger partial charge in [0.2, 0.25) is 0 Å². The lowest BCUT2D eigenvalue weighted by Gasteiger charge is -2.17. The van der Waals surface area contributed by atoms with E-state index in [1.807, 2.05) is 0 Å². The van der Waals surface area contributed by atoms with Crippen LogP contribution in [0.5, 0.6) is 5.75 Å². The van der Waals surface area contributed by atoms with Crippen molar-refractivity contribution in [2.45, 2.75) is 39.2 Å². The van der Waals surface area contributed by atoms with Crippen molar-refractivity contribution in [3.8, 4) is 5.75 Å². The minimum absolute atomic E-state index is 0.254. The van der Waals surface area contributed by atoms with Gasteiger partial charge in [-0.2, -0.15) is 0 Å². The molecule has 0 aliphatic rings. The number of hydrogen-bond donors (Lipinski definition) is 1. The first-order valence-electron chi connectivity index (χ1n) is 7.73. The number of methoxy groups -OCH3 is 1. The van der Waals surface area contributed by atoms with Crippen LogP contribution in [0.2, 0.25) is 0 Å². The summed E-state index contributed by atoms with van der Waals surface area (Å²) < 4.78 is 5.31. The zero-order valence-corrected chi connectivity index (χ0v) is 14.0. The molecule has 2 aromatic rings. The molecule has 0 spiro atoms. The molecular formula is C18H25NOS. The number of aryl methyl sites for hydroxylation is 1. The van der Waals surface area contributed by atoms with Crippen molar-refractivity contribution >= 4 is 11.3 Å². The van der Waals surface area contributed by atoms with E-state index in [1.54, 1.807) is 18.4 Å². The number of unbranched alkanes of at least 4 members (excludes halogenated alkanes) is 1. The number of nitrogens with one attached hydrogen (secondary N) is 1. The number of rotatable bonds is 8. The van der Waals surface area contributed by atoms with Gasteiger partial charge in [0.1, 0.15) is 5.75 Å². The molecule has 0 aliphatic heterocycles. The fraction of sp³-hybridized carbons (Fsp3) is 0.444. The van der Waals surface area contributed by atoms with E-state index in [2.05, 4.69) is 54.9 Å². The Labute approximate surface area is 132 Å². The van der Waals surface area contributed by atoms with E-state index >= 15 is 0 Å². The first-order chi connectivity index (χ1) is 10.3. The number of thiophene rings is 1. The minimum Gasteiger partial charge on any atom is -0.496 e. The topological polar surface area (TPSA) is 21.3 Å². The van der Waals surface area contributed by atoms with Crippen molar-refractivity contribution in [1.29, 1.82) is 0 Å². The second-order valence-electron chi connectivity index (χ2n) is 5.22. The van der Waals surface area contributed by atoms with E-state index in [9.17, 15) is 0 Å². The molecule has 0 fully saturated rings. The van der Waals surface area contributed by atoms with Crippen molar-refractivity contribution < 1.29 is 4.74 Å². The molecule has 0 saturated heterocycles. The summed E-state index contributed by atoms with van der Waals surface area (Å²) in [5.74, 6) is 0.942. The van der Waals surface area contributed by atoms with Gasteiger partial charge in [0, 0.05) is 10.3 Å². The molecule has 1 N–H and O–H groups in total. The van der Waals surface area contributed by atoms with Crippen molar-refractivity contribution in [2.24, 2.45) is 0 Å². The summed E-state index contributed by atoms with van der Waals surface area (Å²) in [5.41, 5.74) is 2.75. The zero-order chi connectivity index (χ0) is 15.1. The summed E-state index contributed by atoms with van der Waals surface area (Å²) in [6.45, 7) is 5.33. The zero-order valence-electron chi connectivity index (χ0n) is 13.2. The highest BCUT2D eigenvalue weighted by atomic mass is 32.1. The fourth-order valence-corrected chi connectivity index (χ4v) is 3.39. The lowest BCUT2D eigenvalue weighted by molar-refractivity contribution is 0.416. The van der Waals surface area contributed by atoms with E-state index in [0.717, 1.165) is 12.3 Å². The Morgan fingerprint density at radius 2 is 1.95 bits per heavy atom. The van der Waals surface area contributed by atoms with Crippen LogP contribution in [0.25, 0.3) is 0 Å². The van der Waals surface area contributed by atoms with E-state index in [1.165, 1.54) is 35.3 Å². The lowest BCUT2D eigenvalue weighted by atomic mass is 10.0. The van der Waals surface area contributed by atoms with E-state index in [-0.39, 0.29) is 6.04 Å². The van der Waals surface area contributed by atoms with Crippen molar-refractivity contribution in [3.63, 3.8) is 0 Å². The van der Waals surface area contributed by atoms with E-state index in [0.29, 0.717) is 0 Å². The SMILES string of the molecule is CCCCc1ccc(C(NCC)c2cc(OC)cs2)cc1. The largest absolute Gasteiger partial charge is 0.496 e. The molecule has 2 nitrogen and oxygen atoms in total. The Balaban J connectivity index is 2.17. The third-order valence-electron chi connectivity index (χ3n) is 3.66. The molecule has 2 rings (SSSR count). The predicted octanol–water partition coefficient (Wildman–Crippen LogP) is 4.80. The minimum atomic E-state index is 0.254. The summed E-state index contributed by atoms with van der Waals surface area (Å²) in [7, 11) is 1.72. The highest BCUT2D eigenvalue weighted by molar-refractivity contribution is 7.10. The molecule has 21 heavy (non-hydrogen) atoms. The van der Waals surface area contributed by atoms with Crippen molar-refractivity contribution in [3.05, 3.63) is 51.7 Å². The first-order valence-corrected chi connectivity index (χ1v) is 8.61. The number of benzene rings is 1. The van der Waals surface area contributed by atoms with E-state index in [4.69, 9.17) is 4.74 Å². The van der Waals surface area contributed by atoms with Gasteiger partial charge in [-0.1, -0.05) is 44.5 Å². The summed E-state index contributed by atoms with van der Waals surface area (Å²) in [4.78, 5) is 1.30. The summed E-state index contributed by atoms with van der Waals surface area (Å²) in [6.07, 6.45) is 3.68. The monoisotopic (exact) mass is 303 g/mol. The normalized spacial score (nSPS) is 12.3. The van der Waals surface area contributed by atoms with Gasteiger partial charge < -0.3 is 10.1 Å². The molecule has 1 atom stereocenters.